The minimum absolute atomic E-state index is 1.21. The van der Waals surface area contributed by atoms with Crippen LogP contribution in [0.3, 0.4) is 0 Å². The monoisotopic (exact) mass is 170 g/mol. The van der Waals surface area contributed by atoms with Crippen molar-refractivity contribution >= 4 is 0 Å². The molecule has 66 valence electrons. The zero-order valence-corrected chi connectivity index (χ0v) is 7.84. The van der Waals surface area contributed by atoms with Gasteiger partial charge in [-0.3, -0.25) is 0 Å². The van der Waals surface area contributed by atoms with E-state index in [1.165, 1.54) is 32.1 Å². The van der Waals surface area contributed by atoms with Crippen molar-refractivity contribution in [2.75, 3.05) is 0 Å². The van der Waals surface area contributed by atoms with Gasteiger partial charge in [0.05, 0.1) is 0 Å². The predicted octanol–water partition coefficient (Wildman–Crippen LogP) is 3.68. The van der Waals surface area contributed by atoms with Crippen molar-refractivity contribution < 1.29 is 0 Å². The van der Waals surface area contributed by atoms with Crippen LogP contribution >= 0.6 is 0 Å². The molecular weight excluding hydrogens is 156 g/mol. The zero-order chi connectivity index (χ0) is 8.67. The Labute approximate surface area is 79.3 Å². The second-order valence-corrected chi connectivity index (χ2v) is 4.18. The van der Waals surface area contributed by atoms with Gasteiger partial charge in [-0.15, -0.1) is 0 Å². The Kier molecular flexibility index (Phi) is 1.55. The van der Waals surface area contributed by atoms with E-state index < -0.39 is 0 Å². The van der Waals surface area contributed by atoms with Gasteiger partial charge in [-0.05, 0) is 37.7 Å². The van der Waals surface area contributed by atoms with Crippen molar-refractivity contribution in [3.63, 3.8) is 0 Å². The Morgan fingerprint density at radius 2 is 1.38 bits per heavy atom. The van der Waals surface area contributed by atoms with Gasteiger partial charge in [-0.2, -0.15) is 0 Å². The Morgan fingerprint density at radius 1 is 0.692 bits per heavy atom. The lowest BCUT2D eigenvalue weighted by molar-refractivity contribution is 0.857. The average molecular weight is 170 g/mol. The van der Waals surface area contributed by atoms with E-state index in [4.69, 9.17) is 0 Å². The number of hydrogen-bond donors (Lipinski definition) is 0. The molecule has 0 aromatic rings. The second kappa shape index (κ2) is 2.73. The highest BCUT2D eigenvalue weighted by Gasteiger charge is 2.20. The van der Waals surface area contributed by atoms with Gasteiger partial charge in [0.15, 0.2) is 0 Å². The molecule has 0 fully saturated rings. The van der Waals surface area contributed by atoms with Crippen LogP contribution in [0.15, 0.2) is 46.6 Å². The Hall–Kier alpha value is -1.04. The Balaban J connectivity index is 1.90. The van der Waals surface area contributed by atoms with Crippen LogP contribution in [-0.4, -0.2) is 0 Å². The van der Waals surface area contributed by atoms with E-state index in [0.717, 1.165) is 0 Å². The second-order valence-electron chi connectivity index (χ2n) is 4.18. The molecule has 0 N–H and O–H groups in total. The molecule has 0 bridgehead atoms. The molecule has 0 amide bonds. The Bertz CT molecular complexity index is 361. The predicted molar refractivity (Wildman–Crippen MR) is 55.4 cm³/mol. The van der Waals surface area contributed by atoms with Crippen LogP contribution in [-0.2, 0) is 0 Å². The van der Waals surface area contributed by atoms with Crippen molar-refractivity contribution in [2.24, 2.45) is 0 Å². The summed E-state index contributed by atoms with van der Waals surface area (Å²) in [6.45, 7) is 0. The van der Waals surface area contributed by atoms with E-state index in [2.05, 4.69) is 24.3 Å². The van der Waals surface area contributed by atoms with Gasteiger partial charge in [0, 0.05) is 0 Å². The maximum Gasteiger partial charge on any atom is -0.00614 e. The molecule has 0 radical (unpaired) electrons. The third kappa shape index (κ3) is 1.13. The molecule has 0 nitrogen and oxygen atoms in total. The lowest BCUT2D eigenvalue weighted by Crippen LogP contribution is -2.04. The van der Waals surface area contributed by atoms with Crippen molar-refractivity contribution in [3.05, 3.63) is 46.6 Å². The summed E-state index contributed by atoms with van der Waals surface area (Å²) in [6, 6.07) is 0. The molecular formula is C13H14. The molecule has 0 saturated carbocycles. The first-order valence-electron chi connectivity index (χ1n) is 5.15. The van der Waals surface area contributed by atoms with Crippen LogP contribution < -0.4 is 0 Å². The van der Waals surface area contributed by atoms with Crippen molar-refractivity contribution in [3.8, 4) is 0 Å². The SMILES string of the molecule is C1=CC2=C(C1)CC1=C(CC=CC1)C2. The largest absolute Gasteiger partial charge is 0.0841 e. The van der Waals surface area contributed by atoms with E-state index in [0.29, 0.717) is 0 Å². The fourth-order valence-electron chi connectivity index (χ4n) is 2.58. The van der Waals surface area contributed by atoms with E-state index >= 15 is 0 Å². The van der Waals surface area contributed by atoms with Gasteiger partial charge < -0.3 is 0 Å². The van der Waals surface area contributed by atoms with Crippen molar-refractivity contribution in [2.45, 2.75) is 32.1 Å². The first-order chi connectivity index (χ1) is 6.43. The lowest BCUT2D eigenvalue weighted by Gasteiger charge is -2.23. The topological polar surface area (TPSA) is 0 Å². The Morgan fingerprint density at radius 3 is 2.23 bits per heavy atom. The summed E-state index contributed by atoms with van der Waals surface area (Å²) in [5.74, 6) is 0. The van der Waals surface area contributed by atoms with E-state index in [1.807, 2.05) is 0 Å². The normalized spacial score (nSPS) is 25.2. The van der Waals surface area contributed by atoms with Gasteiger partial charge in [-0.1, -0.05) is 41.0 Å². The highest BCUT2D eigenvalue weighted by atomic mass is 14.3. The van der Waals surface area contributed by atoms with Crippen LogP contribution in [0.25, 0.3) is 0 Å². The van der Waals surface area contributed by atoms with Gasteiger partial charge in [-0.25, -0.2) is 0 Å². The fourth-order valence-corrected chi connectivity index (χ4v) is 2.58. The van der Waals surface area contributed by atoms with Crippen LogP contribution in [0.5, 0.6) is 0 Å². The maximum absolute atomic E-state index is 2.33. The van der Waals surface area contributed by atoms with E-state index in [-0.39, 0.29) is 0 Å². The summed E-state index contributed by atoms with van der Waals surface area (Å²) in [5, 5.41) is 0. The highest BCUT2D eigenvalue weighted by Crippen LogP contribution is 2.39. The zero-order valence-electron chi connectivity index (χ0n) is 7.84. The molecule has 0 heteroatoms. The van der Waals surface area contributed by atoms with Crippen molar-refractivity contribution in [1.29, 1.82) is 0 Å². The average Bonchev–Trinajstić information content (AvgIpc) is 2.61. The van der Waals surface area contributed by atoms with Gasteiger partial charge in [0.25, 0.3) is 0 Å². The number of allylic oxidation sites excluding steroid dienone is 8. The molecule has 0 spiro atoms. The van der Waals surface area contributed by atoms with Gasteiger partial charge in [0.1, 0.15) is 0 Å². The molecule has 0 heterocycles. The molecule has 3 aliphatic carbocycles. The molecule has 0 atom stereocenters. The molecule has 0 aliphatic heterocycles. The molecule has 3 aliphatic rings. The fraction of sp³-hybridized carbons (Fsp3) is 0.385. The summed E-state index contributed by atoms with van der Waals surface area (Å²) in [5.41, 5.74) is 6.72. The first kappa shape index (κ1) is 7.37. The highest BCUT2D eigenvalue weighted by molar-refractivity contribution is 5.46. The summed E-state index contributed by atoms with van der Waals surface area (Å²) < 4.78 is 0. The summed E-state index contributed by atoms with van der Waals surface area (Å²) in [4.78, 5) is 0. The van der Waals surface area contributed by atoms with Crippen molar-refractivity contribution in [1.82, 2.24) is 0 Å². The molecule has 0 saturated heterocycles. The lowest BCUT2D eigenvalue weighted by atomic mass is 9.82. The quantitative estimate of drug-likeness (QED) is 0.486. The summed E-state index contributed by atoms with van der Waals surface area (Å²) >= 11 is 0. The maximum atomic E-state index is 2.33. The van der Waals surface area contributed by atoms with E-state index in [9.17, 15) is 0 Å². The molecule has 13 heavy (non-hydrogen) atoms. The minimum atomic E-state index is 1.21. The van der Waals surface area contributed by atoms with Crippen LogP contribution in [0.2, 0.25) is 0 Å². The van der Waals surface area contributed by atoms with Crippen LogP contribution in [0, 0.1) is 0 Å². The van der Waals surface area contributed by atoms with Gasteiger partial charge >= 0.3 is 0 Å². The number of rotatable bonds is 0. The molecule has 0 aromatic carbocycles. The summed E-state index contributed by atoms with van der Waals surface area (Å²) in [7, 11) is 0. The standard InChI is InChI=1S/C13H14/c1-2-5-11-9-13-7-3-6-12(13)8-10(11)4-1/h1-3,6H,4-5,7-9H2. The van der Waals surface area contributed by atoms with Crippen LogP contribution in [0.1, 0.15) is 32.1 Å². The molecule has 0 aromatic heterocycles. The van der Waals surface area contributed by atoms with Gasteiger partial charge in [0.2, 0.25) is 0 Å². The minimum Gasteiger partial charge on any atom is -0.0841 e. The third-order valence-electron chi connectivity index (χ3n) is 3.36. The molecule has 3 rings (SSSR count). The molecule has 0 unspecified atom stereocenters. The number of hydrogen-bond acceptors (Lipinski definition) is 0. The first-order valence-corrected chi connectivity index (χ1v) is 5.15. The summed E-state index contributed by atoms with van der Waals surface area (Å²) in [6.07, 6.45) is 15.4. The smallest absolute Gasteiger partial charge is 0.00614 e. The third-order valence-corrected chi connectivity index (χ3v) is 3.36. The van der Waals surface area contributed by atoms with E-state index in [1.54, 1.807) is 22.3 Å². The van der Waals surface area contributed by atoms with Crippen LogP contribution in [0.4, 0.5) is 0 Å².